The molecule has 0 unspecified atom stereocenters. The molecule has 17 heavy (non-hydrogen) atoms. The predicted octanol–water partition coefficient (Wildman–Crippen LogP) is 3.82. The van der Waals surface area contributed by atoms with Gasteiger partial charge in [0.15, 0.2) is 0 Å². The molecule has 0 bridgehead atoms. The Kier molecular flexibility index (Phi) is 3.40. The molecule has 2 rings (SSSR count). The Hall–Kier alpha value is -1.87. The Labute approximate surface area is 104 Å². The second kappa shape index (κ2) is 4.97. The summed E-state index contributed by atoms with van der Waals surface area (Å²) in [4.78, 5) is 12.5. The van der Waals surface area contributed by atoms with E-state index in [1.807, 2.05) is 24.3 Å². The van der Waals surface area contributed by atoms with Crippen molar-refractivity contribution in [3.05, 3.63) is 52.9 Å². The summed E-state index contributed by atoms with van der Waals surface area (Å²) in [6.07, 6.45) is 2.78. The van der Waals surface area contributed by atoms with Crippen LogP contribution in [0.5, 0.6) is 0 Å². The van der Waals surface area contributed by atoms with E-state index < -0.39 is 5.97 Å². The fraction of sp³-hybridized carbons (Fsp3) is 0.0714. The molecule has 86 valence electrons. The van der Waals surface area contributed by atoms with Crippen LogP contribution in [0.3, 0.4) is 0 Å². The van der Waals surface area contributed by atoms with E-state index in [2.05, 4.69) is 19.1 Å². The summed E-state index contributed by atoms with van der Waals surface area (Å²) in [6, 6.07) is 12.1. The summed E-state index contributed by atoms with van der Waals surface area (Å²) in [5, 5.41) is 8.56. The van der Waals surface area contributed by atoms with Gasteiger partial charge in [-0.1, -0.05) is 24.3 Å². The predicted molar refractivity (Wildman–Crippen MR) is 71.2 cm³/mol. The Morgan fingerprint density at radius 2 is 2.00 bits per heavy atom. The molecule has 0 aliphatic carbocycles. The normalized spacial score (nSPS) is 10.9. The van der Waals surface area contributed by atoms with Crippen molar-refractivity contribution in [2.24, 2.45) is 0 Å². The highest BCUT2D eigenvalue weighted by Gasteiger charge is 2.03. The number of benzene rings is 1. The van der Waals surface area contributed by atoms with Crippen molar-refractivity contribution >= 4 is 23.4 Å². The summed E-state index contributed by atoms with van der Waals surface area (Å²) in [7, 11) is 0. The molecule has 0 aliphatic heterocycles. The quantitative estimate of drug-likeness (QED) is 0.833. The van der Waals surface area contributed by atoms with Crippen LogP contribution in [-0.2, 0) is 4.79 Å². The van der Waals surface area contributed by atoms with Gasteiger partial charge in [0.1, 0.15) is 0 Å². The number of carbonyl (C=O) groups is 1. The van der Waals surface area contributed by atoms with Crippen LogP contribution < -0.4 is 0 Å². The fourth-order valence-corrected chi connectivity index (χ4v) is 2.59. The van der Waals surface area contributed by atoms with Crippen LogP contribution in [0, 0.1) is 6.92 Å². The summed E-state index contributed by atoms with van der Waals surface area (Å²) in [6.45, 7) is 2.07. The Morgan fingerprint density at radius 1 is 1.24 bits per heavy atom. The van der Waals surface area contributed by atoms with Crippen LogP contribution in [-0.4, -0.2) is 11.1 Å². The van der Waals surface area contributed by atoms with Gasteiger partial charge in [0.05, 0.1) is 0 Å². The number of aliphatic carboxylic acids is 1. The highest BCUT2D eigenvalue weighted by molar-refractivity contribution is 7.16. The van der Waals surface area contributed by atoms with Crippen LogP contribution >= 0.6 is 11.3 Å². The minimum atomic E-state index is -0.921. The first-order chi connectivity index (χ1) is 8.16. The largest absolute Gasteiger partial charge is 0.478 e. The molecule has 2 aromatic rings. The van der Waals surface area contributed by atoms with E-state index in [1.165, 1.54) is 11.1 Å². The van der Waals surface area contributed by atoms with Gasteiger partial charge in [0, 0.05) is 15.8 Å². The van der Waals surface area contributed by atoms with E-state index in [-0.39, 0.29) is 0 Å². The number of hydrogen-bond donors (Lipinski definition) is 1. The van der Waals surface area contributed by atoms with Gasteiger partial charge in [-0.25, -0.2) is 4.79 Å². The third kappa shape index (κ3) is 2.82. The topological polar surface area (TPSA) is 37.3 Å². The third-order valence-corrected chi connectivity index (χ3v) is 3.51. The first kappa shape index (κ1) is 11.6. The van der Waals surface area contributed by atoms with Gasteiger partial charge in [-0.05, 0) is 36.3 Å². The van der Waals surface area contributed by atoms with Gasteiger partial charge in [0.2, 0.25) is 0 Å². The fourth-order valence-electron chi connectivity index (χ4n) is 1.59. The van der Waals surface area contributed by atoms with E-state index in [4.69, 9.17) is 5.11 Å². The molecule has 0 saturated heterocycles. The zero-order valence-corrected chi connectivity index (χ0v) is 10.2. The number of aryl methyl sites for hydroxylation is 1. The van der Waals surface area contributed by atoms with Gasteiger partial charge >= 0.3 is 5.97 Å². The van der Waals surface area contributed by atoms with Crippen LogP contribution in [0.4, 0.5) is 0 Å². The SMILES string of the molecule is Cc1ccccc1-c1ccc(/C=C/C(=O)O)s1. The van der Waals surface area contributed by atoms with Gasteiger partial charge in [-0.3, -0.25) is 0 Å². The molecule has 3 heteroatoms. The molecule has 0 amide bonds. The first-order valence-electron chi connectivity index (χ1n) is 5.23. The number of carboxylic acid groups (broad SMARTS) is 1. The second-order valence-electron chi connectivity index (χ2n) is 3.69. The van der Waals surface area contributed by atoms with Crippen molar-refractivity contribution in [2.75, 3.05) is 0 Å². The summed E-state index contributed by atoms with van der Waals surface area (Å²) < 4.78 is 0. The van der Waals surface area contributed by atoms with Crippen molar-refractivity contribution in [1.29, 1.82) is 0 Å². The van der Waals surface area contributed by atoms with Crippen LogP contribution in [0.1, 0.15) is 10.4 Å². The van der Waals surface area contributed by atoms with Crippen molar-refractivity contribution in [2.45, 2.75) is 6.92 Å². The molecule has 2 nitrogen and oxygen atoms in total. The zero-order valence-electron chi connectivity index (χ0n) is 9.38. The number of rotatable bonds is 3. The van der Waals surface area contributed by atoms with E-state index >= 15 is 0 Å². The van der Waals surface area contributed by atoms with Gasteiger partial charge < -0.3 is 5.11 Å². The lowest BCUT2D eigenvalue weighted by Crippen LogP contribution is -1.84. The third-order valence-electron chi connectivity index (χ3n) is 2.43. The number of hydrogen-bond acceptors (Lipinski definition) is 2. The summed E-state index contributed by atoms with van der Waals surface area (Å²) in [5.41, 5.74) is 2.43. The summed E-state index contributed by atoms with van der Waals surface area (Å²) in [5.74, 6) is -0.921. The smallest absolute Gasteiger partial charge is 0.328 e. The second-order valence-corrected chi connectivity index (χ2v) is 4.80. The lowest BCUT2D eigenvalue weighted by atomic mass is 10.1. The van der Waals surface area contributed by atoms with Crippen LogP contribution in [0.25, 0.3) is 16.5 Å². The van der Waals surface area contributed by atoms with E-state index in [0.717, 1.165) is 15.8 Å². The Balaban J connectivity index is 2.30. The lowest BCUT2D eigenvalue weighted by Gasteiger charge is -2.00. The van der Waals surface area contributed by atoms with Crippen molar-refractivity contribution in [3.8, 4) is 10.4 Å². The zero-order chi connectivity index (χ0) is 12.3. The first-order valence-corrected chi connectivity index (χ1v) is 6.05. The van der Waals surface area contributed by atoms with E-state index in [9.17, 15) is 4.79 Å². The Morgan fingerprint density at radius 3 is 2.71 bits per heavy atom. The molecule has 0 aliphatic rings. The number of thiophene rings is 1. The monoisotopic (exact) mass is 244 g/mol. The minimum Gasteiger partial charge on any atom is -0.478 e. The van der Waals surface area contributed by atoms with Crippen molar-refractivity contribution < 1.29 is 9.90 Å². The highest BCUT2D eigenvalue weighted by Crippen LogP contribution is 2.30. The van der Waals surface area contributed by atoms with Gasteiger partial charge in [-0.15, -0.1) is 11.3 Å². The molecular weight excluding hydrogens is 232 g/mol. The Bertz CT molecular complexity index is 567. The van der Waals surface area contributed by atoms with E-state index in [1.54, 1.807) is 17.4 Å². The van der Waals surface area contributed by atoms with Crippen LogP contribution in [0.15, 0.2) is 42.5 Å². The van der Waals surface area contributed by atoms with Crippen LogP contribution in [0.2, 0.25) is 0 Å². The molecular formula is C14H12O2S. The van der Waals surface area contributed by atoms with Gasteiger partial charge in [-0.2, -0.15) is 0 Å². The summed E-state index contributed by atoms with van der Waals surface area (Å²) >= 11 is 1.59. The maximum absolute atomic E-state index is 10.4. The molecule has 0 spiro atoms. The molecule has 1 heterocycles. The standard InChI is InChI=1S/C14H12O2S/c1-10-4-2-3-5-12(10)13-8-6-11(17-13)7-9-14(15)16/h2-9H,1H3,(H,15,16)/b9-7+. The molecule has 1 aromatic carbocycles. The maximum atomic E-state index is 10.4. The minimum absolute atomic E-state index is 0.921. The molecule has 1 aromatic heterocycles. The average molecular weight is 244 g/mol. The van der Waals surface area contributed by atoms with E-state index in [0.29, 0.717) is 0 Å². The molecule has 0 radical (unpaired) electrons. The highest BCUT2D eigenvalue weighted by atomic mass is 32.1. The molecule has 1 N–H and O–H groups in total. The number of carboxylic acids is 1. The lowest BCUT2D eigenvalue weighted by molar-refractivity contribution is -0.131. The van der Waals surface area contributed by atoms with Crippen molar-refractivity contribution in [1.82, 2.24) is 0 Å². The van der Waals surface area contributed by atoms with Gasteiger partial charge in [0.25, 0.3) is 0 Å². The average Bonchev–Trinajstić information content (AvgIpc) is 2.75. The maximum Gasteiger partial charge on any atom is 0.328 e. The molecule has 0 atom stereocenters. The van der Waals surface area contributed by atoms with Crippen molar-refractivity contribution in [3.63, 3.8) is 0 Å². The molecule has 0 saturated carbocycles. The molecule has 0 fully saturated rings.